The van der Waals surface area contributed by atoms with Gasteiger partial charge < -0.3 is 15.4 Å². The van der Waals surface area contributed by atoms with Crippen LogP contribution >= 0.6 is 0 Å². The van der Waals surface area contributed by atoms with E-state index in [1.165, 1.54) is 0 Å². The zero-order valence-corrected chi connectivity index (χ0v) is 14.2. The summed E-state index contributed by atoms with van der Waals surface area (Å²) in [5.74, 6) is 0.677. The molecule has 0 unspecified atom stereocenters. The number of hydrogen-bond acceptors (Lipinski definition) is 5. The summed E-state index contributed by atoms with van der Waals surface area (Å²) in [5.41, 5.74) is 6.15. The highest BCUT2D eigenvalue weighted by molar-refractivity contribution is 7.89. The lowest BCUT2D eigenvalue weighted by Gasteiger charge is -2.36. The second-order valence-corrected chi connectivity index (χ2v) is 8.20. The van der Waals surface area contributed by atoms with E-state index in [1.54, 1.807) is 28.6 Å². The van der Waals surface area contributed by atoms with Gasteiger partial charge in [0.2, 0.25) is 10.0 Å². The Kier molecular flexibility index (Phi) is 5.21. The number of para-hydroxylation sites is 1. The van der Waals surface area contributed by atoms with Crippen LogP contribution in [0.1, 0.15) is 12.8 Å². The van der Waals surface area contributed by atoms with E-state index >= 15 is 0 Å². The highest BCUT2D eigenvalue weighted by Crippen LogP contribution is 2.23. The average Bonchev–Trinajstić information content (AvgIpc) is 2.56. The smallest absolute Gasteiger partial charge is 0.245 e. The second kappa shape index (κ2) is 7.17. The summed E-state index contributed by atoms with van der Waals surface area (Å²) in [5, 5.41) is 0. The average molecular weight is 339 g/mol. The van der Waals surface area contributed by atoms with E-state index in [0.29, 0.717) is 24.7 Å². The van der Waals surface area contributed by atoms with E-state index in [4.69, 9.17) is 10.5 Å². The standard InChI is InChI=1S/C16H25N3O3S/c17-15-3-1-2-4-16(15)23(20,21)19-9-7-18(8-10-19)13-14-5-11-22-12-6-14/h1-4,14H,5-13,17H2. The van der Waals surface area contributed by atoms with E-state index in [-0.39, 0.29) is 4.90 Å². The van der Waals surface area contributed by atoms with Crippen molar-refractivity contribution >= 4 is 15.7 Å². The number of rotatable bonds is 4. The van der Waals surface area contributed by atoms with E-state index in [2.05, 4.69) is 4.90 Å². The van der Waals surface area contributed by atoms with Crippen molar-refractivity contribution in [2.24, 2.45) is 5.92 Å². The van der Waals surface area contributed by atoms with Crippen LogP contribution in [0.3, 0.4) is 0 Å². The Morgan fingerprint density at radius 3 is 2.39 bits per heavy atom. The molecule has 0 radical (unpaired) electrons. The van der Waals surface area contributed by atoms with Gasteiger partial charge in [-0.3, -0.25) is 0 Å². The lowest BCUT2D eigenvalue weighted by Crippen LogP contribution is -2.50. The van der Waals surface area contributed by atoms with Gasteiger partial charge in [0.1, 0.15) is 4.90 Å². The van der Waals surface area contributed by atoms with Crippen molar-refractivity contribution in [2.45, 2.75) is 17.7 Å². The van der Waals surface area contributed by atoms with E-state index in [1.807, 2.05) is 0 Å². The molecule has 0 saturated carbocycles. The van der Waals surface area contributed by atoms with Crippen LogP contribution in [0.15, 0.2) is 29.2 Å². The Labute approximate surface area is 138 Å². The minimum atomic E-state index is -3.49. The third-order valence-electron chi connectivity index (χ3n) is 4.73. The van der Waals surface area contributed by atoms with Gasteiger partial charge in [0.05, 0.1) is 5.69 Å². The first kappa shape index (κ1) is 16.7. The Morgan fingerprint density at radius 2 is 1.74 bits per heavy atom. The van der Waals surface area contributed by atoms with Crippen LogP contribution in [0.2, 0.25) is 0 Å². The number of nitrogens with zero attached hydrogens (tertiary/aromatic N) is 2. The van der Waals surface area contributed by atoms with Gasteiger partial charge in [0.25, 0.3) is 0 Å². The van der Waals surface area contributed by atoms with Gasteiger partial charge in [-0.1, -0.05) is 12.1 Å². The third kappa shape index (κ3) is 3.85. The molecule has 3 rings (SSSR count). The van der Waals surface area contributed by atoms with Crippen LogP contribution in [0, 0.1) is 5.92 Å². The number of hydrogen-bond donors (Lipinski definition) is 1. The van der Waals surface area contributed by atoms with E-state index < -0.39 is 10.0 Å². The third-order valence-corrected chi connectivity index (χ3v) is 6.70. The summed E-state index contributed by atoms with van der Waals surface area (Å²) in [6.45, 7) is 5.37. The molecule has 0 bridgehead atoms. The Morgan fingerprint density at radius 1 is 1.09 bits per heavy atom. The zero-order valence-electron chi connectivity index (χ0n) is 13.4. The minimum absolute atomic E-state index is 0.220. The van der Waals surface area contributed by atoms with Crippen molar-refractivity contribution in [2.75, 3.05) is 51.7 Å². The number of nitrogen functional groups attached to an aromatic ring is 1. The maximum Gasteiger partial charge on any atom is 0.245 e. The molecule has 1 aromatic rings. The molecule has 1 aromatic carbocycles. The molecule has 0 aliphatic carbocycles. The summed E-state index contributed by atoms with van der Waals surface area (Å²) in [6, 6.07) is 6.68. The van der Waals surface area contributed by atoms with Crippen LogP contribution < -0.4 is 5.73 Å². The van der Waals surface area contributed by atoms with Crippen molar-refractivity contribution in [1.82, 2.24) is 9.21 Å². The fourth-order valence-electron chi connectivity index (χ4n) is 3.30. The SMILES string of the molecule is Nc1ccccc1S(=O)(=O)N1CCN(CC2CCOCC2)CC1. The first-order chi connectivity index (χ1) is 11.1. The monoisotopic (exact) mass is 339 g/mol. The maximum absolute atomic E-state index is 12.7. The van der Waals surface area contributed by atoms with Crippen molar-refractivity contribution in [1.29, 1.82) is 0 Å². The quantitative estimate of drug-likeness (QED) is 0.828. The summed E-state index contributed by atoms with van der Waals surface area (Å²) >= 11 is 0. The summed E-state index contributed by atoms with van der Waals surface area (Å²) in [4.78, 5) is 2.59. The number of piperazine rings is 1. The van der Waals surface area contributed by atoms with Crippen LogP contribution in [0.25, 0.3) is 0 Å². The largest absolute Gasteiger partial charge is 0.398 e. The first-order valence-corrected chi connectivity index (χ1v) is 9.66. The summed E-state index contributed by atoms with van der Waals surface area (Å²) in [6.07, 6.45) is 2.22. The number of benzene rings is 1. The van der Waals surface area contributed by atoms with Crippen LogP contribution in [-0.2, 0) is 14.8 Å². The highest BCUT2D eigenvalue weighted by Gasteiger charge is 2.30. The lowest BCUT2D eigenvalue weighted by molar-refractivity contribution is 0.0477. The van der Waals surface area contributed by atoms with Crippen molar-refractivity contribution in [3.05, 3.63) is 24.3 Å². The molecule has 0 amide bonds. The normalized spacial score (nSPS) is 22.3. The molecule has 2 saturated heterocycles. The molecule has 23 heavy (non-hydrogen) atoms. The molecule has 2 N–H and O–H groups in total. The molecule has 0 aromatic heterocycles. The first-order valence-electron chi connectivity index (χ1n) is 8.22. The van der Waals surface area contributed by atoms with Gasteiger partial charge in [-0.2, -0.15) is 4.31 Å². The number of nitrogens with two attached hydrogens (primary N) is 1. The number of anilines is 1. The van der Waals surface area contributed by atoms with Crippen LogP contribution in [-0.4, -0.2) is 63.6 Å². The molecule has 7 heteroatoms. The molecule has 0 spiro atoms. The van der Waals surface area contributed by atoms with Gasteiger partial charge in [0.15, 0.2) is 0 Å². The van der Waals surface area contributed by atoms with E-state index in [9.17, 15) is 8.42 Å². The minimum Gasteiger partial charge on any atom is -0.398 e. The Balaban J connectivity index is 1.59. The fourth-order valence-corrected chi connectivity index (χ4v) is 4.84. The number of sulfonamides is 1. The molecule has 128 valence electrons. The van der Waals surface area contributed by atoms with Gasteiger partial charge in [0, 0.05) is 45.9 Å². The number of ether oxygens (including phenoxy) is 1. The maximum atomic E-state index is 12.7. The molecule has 0 atom stereocenters. The Hall–Kier alpha value is -1.15. The van der Waals surface area contributed by atoms with Crippen molar-refractivity contribution in [3.8, 4) is 0 Å². The van der Waals surface area contributed by atoms with Gasteiger partial charge in [-0.15, -0.1) is 0 Å². The molecule has 2 aliphatic rings. The summed E-state index contributed by atoms with van der Waals surface area (Å²) < 4.78 is 32.4. The topological polar surface area (TPSA) is 75.9 Å². The van der Waals surface area contributed by atoms with Crippen LogP contribution in [0.5, 0.6) is 0 Å². The molecule has 6 nitrogen and oxygen atoms in total. The molecule has 2 heterocycles. The van der Waals surface area contributed by atoms with Gasteiger partial charge in [-0.05, 0) is 30.9 Å². The predicted molar refractivity (Wildman–Crippen MR) is 89.6 cm³/mol. The van der Waals surface area contributed by atoms with Gasteiger partial charge in [-0.25, -0.2) is 8.42 Å². The fraction of sp³-hybridized carbons (Fsp3) is 0.625. The highest BCUT2D eigenvalue weighted by atomic mass is 32.2. The van der Waals surface area contributed by atoms with Crippen molar-refractivity contribution < 1.29 is 13.2 Å². The van der Waals surface area contributed by atoms with Crippen LogP contribution in [0.4, 0.5) is 5.69 Å². The van der Waals surface area contributed by atoms with Crippen molar-refractivity contribution in [3.63, 3.8) is 0 Å². The second-order valence-electron chi connectivity index (χ2n) is 6.30. The lowest BCUT2D eigenvalue weighted by atomic mass is 9.99. The molecular formula is C16H25N3O3S. The summed E-state index contributed by atoms with van der Waals surface area (Å²) in [7, 11) is -3.49. The zero-order chi connectivity index (χ0) is 16.3. The Bertz CT molecular complexity index is 621. The molecule has 2 fully saturated rings. The molecular weight excluding hydrogens is 314 g/mol. The van der Waals surface area contributed by atoms with Gasteiger partial charge >= 0.3 is 0 Å². The predicted octanol–water partition coefficient (Wildman–Crippen LogP) is 1.00. The van der Waals surface area contributed by atoms with E-state index in [0.717, 1.165) is 45.7 Å². The molecule has 2 aliphatic heterocycles.